The Morgan fingerprint density at radius 1 is 1.28 bits per heavy atom. The van der Waals surface area contributed by atoms with Gasteiger partial charge in [0.2, 0.25) is 5.91 Å². The lowest BCUT2D eigenvalue weighted by Gasteiger charge is -2.32. The second-order valence-electron chi connectivity index (χ2n) is 8.63. The molecule has 1 aliphatic rings. The maximum Gasteiger partial charge on any atom is 0.264 e. The highest BCUT2D eigenvalue weighted by atomic mass is 16.2. The number of amides is 2. The zero-order valence-corrected chi connectivity index (χ0v) is 18.7. The van der Waals surface area contributed by atoms with Crippen molar-refractivity contribution in [2.75, 3.05) is 27.2 Å². The summed E-state index contributed by atoms with van der Waals surface area (Å²) in [6.45, 7) is 10.5. The van der Waals surface area contributed by atoms with Gasteiger partial charge in [0, 0.05) is 51.0 Å². The SMILES string of the molecule is Cc1cc(C=C(C#N)C(=O)N2CCC(C(=O)N(C)C)CC2)c(C)n1CCC(C)C. The summed E-state index contributed by atoms with van der Waals surface area (Å²) in [6.07, 6.45) is 4.09. The number of nitriles is 1. The second-order valence-corrected chi connectivity index (χ2v) is 8.63. The Bertz CT molecular complexity index is 819. The number of hydrogen-bond acceptors (Lipinski definition) is 3. The highest BCUT2D eigenvalue weighted by Gasteiger charge is 2.29. The molecule has 0 bridgehead atoms. The largest absolute Gasteiger partial charge is 0.349 e. The average Bonchev–Trinajstić information content (AvgIpc) is 2.96. The Labute approximate surface area is 174 Å². The number of nitrogens with zero attached hydrogens (tertiary/aromatic N) is 4. The molecular formula is C23H34N4O2. The van der Waals surface area contributed by atoms with E-state index in [-0.39, 0.29) is 23.3 Å². The molecule has 2 heterocycles. The van der Waals surface area contributed by atoms with Crippen LogP contribution in [0.4, 0.5) is 0 Å². The van der Waals surface area contributed by atoms with Crippen LogP contribution in [-0.4, -0.2) is 53.4 Å². The van der Waals surface area contributed by atoms with Gasteiger partial charge in [-0.3, -0.25) is 9.59 Å². The Kier molecular flexibility index (Phi) is 7.66. The summed E-state index contributed by atoms with van der Waals surface area (Å²) in [5.74, 6) is 0.453. The van der Waals surface area contributed by atoms with E-state index in [9.17, 15) is 14.9 Å². The third kappa shape index (κ3) is 5.50. The lowest BCUT2D eigenvalue weighted by molar-refractivity contribution is -0.137. The Balaban J connectivity index is 2.13. The zero-order valence-electron chi connectivity index (χ0n) is 18.7. The van der Waals surface area contributed by atoms with Crippen molar-refractivity contribution in [2.45, 2.75) is 53.5 Å². The van der Waals surface area contributed by atoms with Crippen LogP contribution in [0.1, 0.15) is 50.1 Å². The van der Waals surface area contributed by atoms with Crippen molar-refractivity contribution in [3.8, 4) is 6.07 Å². The maximum atomic E-state index is 12.9. The summed E-state index contributed by atoms with van der Waals surface area (Å²) in [7, 11) is 3.52. The highest BCUT2D eigenvalue weighted by molar-refractivity contribution is 6.02. The fourth-order valence-electron chi connectivity index (χ4n) is 3.87. The van der Waals surface area contributed by atoms with Crippen LogP contribution in [0.15, 0.2) is 11.6 Å². The van der Waals surface area contributed by atoms with Gasteiger partial charge >= 0.3 is 0 Å². The van der Waals surface area contributed by atoms with E-state index in [0.29, 0.717) is 31.8 Å². The number of carbonyl (C=O) groups is 2. The fourth-order valence-corrected chi connectivity index (χ4v) is 3.87. The molecule has 0 spiro atoms. The molecule has 0 saturated carbocycles. The summed E-state index contributed by atoms with van der Waals surface area (Å²) >= 11 is 0. The van der Waals surface area contributed by atoms with E-state index >= 15 is 0 Å². The maximum absolute atomic E-state index is 12.9. The molecule has 6 nitrogen and oxygen atoms in total. The number of carbonyl (C=O) groups excluding carboxylic acids is 2. The molecule has 0 aliphatic carbocycles. The van der Waals surface area contributed by atoms with Gasteiger partial charge < -0.3 is 14.4 Å². The Morgan fingerprint density at radius 2 is 1.90 bits per heavy atom. The molecule has 1 aromatic heterocycles. The summed E-state index contributed by atoms with van der Waals surface area (Å²) < 4.78 is 2.25. The van der Waals surface area contributed by atoms with Crippen LogP contribution >= 0.6 is 0 Å². The van der Waals surface area contributed by atoms with Gasteiger partial charge in [-0.1, -0.05) is 13.8 Å². The number of aromatic nitrogens is 1. The van der Waals surface area contributed by atoms with E-state index in [1.807, 2.05) is 13.0 Å². The zero-order chi connectivity index (χ0) is 21.7. The molecule has 0 atom stereocenters. The molecule has 158 valence electrons. The van der Waals surface area contributed by atoms with Crippen molar-refractivity contribution in [1.29, 1.82) is 5.26 Å². The summed E-state index contributed by atoms with van der Waals surface area (Å²) in [6, 6.07) is 4.14. The van der Waals surface area contributed by atoms with Gasteiger partial charge in [0.05, 0.1) is 0 Å². The number of piperidine rings is 1. The van der Waals surface area contributed by atoms with Crippen LogP contribution in [0, 0.1) is 37.0 Å². The lowest BCUT2D eigenvalue weighted by Crippen LogP contribution is -2.43. The summed E-state index contributed by atoms with van der Waals surface area (Å²) in [5, 5.41) is 9.61. The molecule has 2 rings (SSSR count). The van der Waals surface area contributed by atoms with Gasteiger partial charge in [-0.15, -0.1) is 0 Å². The topological polar surface area (TPSA) is 69.3 Å². The standard InChI is InChI=1S/C23H34N4O2/c1-16(2)7-12-27-17(3)13-20(18(27)4)14-21(15-24)23(29)26-10-8-19(9-11-26)22(28)25(5)6/h13-14,16,19H,7-12H2,1-6H3. The Morgan fingerprint density at radius 3 is 2.41 bits per heavy atom. The summed E-state index contributed by atoms with van der Waals surface area (Å²) in [4.78, 5) is 28.3. The first-order chi connectivity index (χ1) is 13.6. The second kappa shape index (κ2) is 9.78. The van der Waals surface area contributed by atoms with Crippen molar-refractivity contribution < 1.29 is 9.59 Å². The van der Waals surface area contributed by atoms with Crippen molar-refractivity contribution >= 4 is 17.9 Å². The van der Waals surface area contributed by atoms with Gasteiger partial charge in [-0.05, 0) is 56.7 Å². The summed E-state index contributed by atoms with van der Waals surface area (Å²) in [5.41, 5.74) is 3.31. The van der Waals surface area contributed by atoms with Crippen LogP contribution in [0.25, 0.3) is 6.08 Å². The molecule has 0 radical (unpaired) electrons. The van der Waals surface area contributed by atoms with Crippen LogP contribution < -0.4 is 0 Å². The molecule has 1 aliphatic heterocycles. The average molecular weight is 399 g/mol. The molecule has 2 amide bonds. The molecule has 29 heavy (non-hydrogen) atoms. The van der Waals surface area contributed by atoms with E-state index in [2.05, 4.69) is 31.4 Å². The van der Waals surface area contributed by atoms with E-state index in [1.165, 1.54) is 0 Å². The first kappa shape index (κ1) is 22.7. The van der Waals surface area contributed by atoms with Gasteiger partial charge in [-0.2, -0.15) is 5.26 Å². The van der Waals surface area contributed by atoms with Crippen molar-refractivity contribution in [2.24, 2.45) is 11.8 Å². The van der Waals surface area contributed by atoms with E-state index in [4.69, 9.17) is 0 Å². The smallest absolute Gasteiger partial charge is 0.264 e. The number of likely N-dealkylation sites (tertiary alicyclic amines) is 1. The quantitative estimate of drug-likeness (QED) is 0.545. The first-order valence-corrected chi connectivity index (χ1v) is 10.4. The number of rotatable bonds is 6. The van der Waals surface area contributed by atoms with Crippen LogP contribution in [0.5, 0.6) is 0 Å². The molecule has 1 saturated heterocycles. The van der Waals surface area contributed by atoms with Gasteiger partial charge in [0.1, 0.15) is 11.6 Å². The van der Waals surface area contributed by atoms with Crippen molar-refractivity contribution in [1.82, 2.24) is 14.4 Å². The third-order valence-electron chi connectivity index (χ3n) is 5.77. The minimum absolute atomic E-state index is 0.0385. The van der Waals surface area contributed by atoms with E-state index in [0.717, 1.165) is 29.9 Å². The number of hydrogen-bond donors (Lipinski definition) is 0. The minimum atomic E-state index is -0.241. The van der Waals surface area contributed by atoms with Gasteiger partial charge in [0.25, 0.3) is 5.91 Å². The molecule has 0 unspecified atom stereocenters. The molecule has 1 fully saturated rings. The first-order valence-electron chi connectivity index (χ1n) is 10.4. The fraction of sp³-hybridized carbons (Fsp3) is 0.609. The normalized spacial score (nSPS) is 15.5. The molecule has 0 N–H and O–H groups in total. The van der Waals surface area contributed by atoms with Crippen LogP contribution in [0.2, 0.25) is 0 Å². The van der Waals surface area contributed by atoms with Gasteiger partial charge in [-0.25, -0.2) is 0 Å². The third-order valence-corrected chi connectivity index (χ3v) is 5.77. The molecule has 0 aromatic carbocycles. The molecule has 1 aromatic rings. The van der Waals surface area contributed by atoms with Crippen LogP contribution in [0.3, 0.4) is 0 Å². The molecular weight excluding hydrogens is 364 g/mol. The van der Waals surface area contributed by atoms with E-state index in [1.54, 1.807) is 30.0 Å². The molecule has 6 heteroatoms. The van der Waals surface area contributed by atoms with Crippen LogP contribution in [-0.2, 0) is 16.1 Å². The minimum Gasteiger partial charge on any atom is -0.349 e. The predicted molar refractivity (Wildman–Crippen MR) is 115 cm³/mol. The number of aryl methyl sites for hydroxylation is 1. The van der Waals surface area contributed by atoms with Crippen molar-refractivity contribution in [3.63, 3.8) is 0 Å². The predicted octanol–water partition coefficient (Wildman–Crippen LogP) is 3.38. The lowest BCUT2D eigenvalue weighted by atomic mass is 9.95. The Hall–Kier alpha value is -2.55. The highest BCUT2D eigenvalue weighted by Crippen LogP contribution is 2.23. The van der Waals surface area contributed by atoms with Gasteiger partial charge in [0.15, 0.2) is 0 Å². The van der Waals surface area contributed by atoms with Crippen molar-refractivity contribution in [3.05, 3.63) is 28.6 Å². The monoisotopic (exact) mass is 398 g/mol. The van der Waals surface area contributed by atoms with E-state index < -0.39 is 0 Å².